The van der Waals surface area contributed by atoms with Gasteiger partial charge in [-0.05, 0) is 88.9 Å². The van der Waals surface area contributed by atoms with Crippen molar-refractivity contribution in [3.05, 3.63) is 64.9 Å². The maximum Gasteiger partial charge on any atom is 0.415 e. The van der Waals surface area contributed by atoms with E-state index in [4.69, 9.17) is 21.1 Å². The SMILES string of the molecule is CCC(C)N(C(=O)Oc1ccc(F)cc1)[C@@H]1CN(C(=O)C2CCN(C(=O)OC(C)(C)C)CC2)C[C@H]1c1ccc(Cl)cc1. The first-order valence-electron chi connectivity index (χ1n) is 14.6. The Labute approximate surface area is 252 Å². The molecule has 2 aromatic rings. The second kappa shape index (κ2) is 13.3. The fourth-order valence-electron chi connectivity index (χ4n) is 5.67. The van der Waals surface area contributed by atoms with E-state index in [1.54, 1.807) is 9.80 Å². The Morgan fingerprint density at radius 2 is 1.62 bits per heavy atom. The summed E-state index contributed by atoms with van der Waals surface area (Å²) in [5.41, 5.74) is 0.395. The summed E-state index contributed by atoms with van der Waals surface area (Å²) in [5.74, 6) is -0.533. The van der Waals surface area contributed by atoms with Crippen molar-refractivity contribution in [3.8, 4) is 5.75 Å². The molecule has 0 bridgehead atoms. The van der Waals surface area contributed by atoms with Crippen LogP contribution in [-0.2, 0) is 9.53 Å². The van der Waals surface area contributed by atoms with Gasteiger partial charge in [0.2, 0.25) is 5.91 Å². The largest absolute Gasteiger partial charge is 0.444 e. The van der Waals surface area contributed by atoms with E-state index in [2.05, 4.69) is 0 Å². The van der Waals surface area contributed by atoms with Gasteiger partial charge in [0.25, 0.3) is 0 Å². The van der Waals surface area contributed by atoms with Crippen LogP contribution in [0.3, 0.4) is 0 Å². The number of carbonyl (C=O) groups excluding carboxylic acids is 3. The van der Waals surface area contributed by atoms with Gasteiger partial charge in [-0.2, -0.15) is 0 Å². The van der Waals surface area contributed by atoms with Crippen molar-refractivity contribution in [2.24, 2.45) is 5.92 Å². The summed E-state index contributed by atoms with van der Waals surface area (Å²) in [4.78, 5) is 45.2. The van der Waals surface area contributed by atoms with Crippen LogP contribution < -0.4 is 4.74 Å². The van der Waals surface area contributed by atoms with Crippen LogP contribution in [0.1, 0.15) is 65.4 Å². The normalized spacial score (nSPS) is 20.3. The molecule has 0 N–H and O–H groups in total. The molecule has 2 heterocycles. The average Bonchev–Trinajstić information content (AvgIpc) is 3.38. The lowest BCUT2D eigenvalue weighted by Crippen LogP contribution is -2.51. The van der Waals surface area contributed by atoms with Gasteiger partial charge < -0.3 is 19.3 Å². The van der Waals surface area contributed by atoms with E-state index in [0.29, 0.717) is 50.5 Å². The lowest BCUT2D eigenvalue weighted by atomic mass is 9.92. The van der Waals surface area contributed by atoms with E-state index in [1.807, 2.05) is 63.8 Å². The van der Waals surface area contributed by atoms with Gasteiger partial charge >= 0.3 is 12.2 Å². The number of carbonyl (C=O) groups is 3. The zero-order valence-electron chi connectivity index (χ0n) is 25.0. The molecule has 10 heteroatoms. The maximum absolute atomic E-state index is 13.8. The van der Waals surface area contributed by atoms with E-state index in [-0.39, 0.29) is 41.7 Å². The number of rotatable bonds is 6. The molecule has 42 heavy (non-hydrogen) atoms. The Morgan fingerprint density at radius 1 is 1.00 bits per heavy atom. The summed E-state index contributed by atoms with van der Waals surface area (Å²) in [6.07, 6.45) is 0.875. The molecule has 4 rings (SSSR count). The second-order valence-electron chi connectivity index (χ2n) is 12.2. The molecule has 8 nitrogen and oxygen atoms in total. The highest BCUT2D eigenvalue weighted by molar-refractivity contribution is 6.30. The predicted octanol–water partition coefficient (Wildman–Crippen LogP) is 6.72. The van der Waals surface area contributed by atoms with E-state index >= 15 is 0 Å². The molecule has 1 unspecified atom stereocenters. The summed E-state index contributed by atoms with van der Waals surface area (Å²) in [6.45, 7) is 11.1. The molecule has 2 aromatic carbocycles. The van der Waals surface area contributed by atoms with E-state index in [9.17, 15) is 18.8 Å². The third-order valence-electron chi connectivity index (χ3n) is 8.05. The Kier molecular flexibility index (Phi) is 10.0. The summed E-state index contributed by atoms with van der Waals surface area (Å²) < 4.78 is 24.7. The number of likely N-dealkylation sites (tertiary alicyclic amines) is 2. The van der Waals surface area contributed by atoms with Gasteiger partial charge in [-0.15, -0.1) is 0 Å². The lowest BCUT2D eigenvalue weighted by molar-refractivity contribution is -0.136. The summed E-state index contributed by atoms with van der Waals surface area (Å²) >= 11 is 6.18. The number of hydrogen-bond donors (Lipinski definition) is 0. The van der Waals surface area contributed by atoms with Crippen LogP contribution in [0.5, 0.6) is 5.75 Å². The molecule has 0 saturated carbocycles. The van der Waals surface area contributed by atoms with E-state index in [0.717, 1.165) is 5.56 Å². The van der Waals surface area contributed by atoms with Gasteiger partial charge in [-0.25, -0.2) is 14.0 Å². The molecular formula is C32H41ClFN3O5. The lowest BCUT2D eigenvalue weighted by Gasteiger charge is -2.36. The molecule has 0 spiro atoms. The Bertz CT molecular complexity index is 1240. The van der Waals surface area contributed by atoms with Gasteiger partial charge in [0.1, 0.15) is 17.2 Å². The summed E-state index contributed by atoms with van der Waals surface area (Å²) in [6, 6.07) is 12.3. The first-order valence-corrected chi connectivity index (χ1v) is 15.0. The molecule has 3 atom stereocenters. The van der Waals surface area contributed by atoms with Crippen LogP contribution in [-0.4, -0.2) is 76.7 Å². The zero-order valence-corrected chi connectivity index (χ0v) is 25.8. The highest BCUT2D eigenvalue weighted by Gasteiger charge is 2.45. The minimum absolute atomic E-state index is 0.0244. The smallest absolute Gasteiger partial charge is 0.415 e. The van der Waals surface area contributed by atoms with Crippen LogP contribution >= 0.6 is 11.6 Å². The van der Waals surface area contributed by atoms with Gasteiger partial charge in [-0.3, -0.25) is 9.69 Å². The fourth-order valence-corrected chi connectivity index (χ4v) is 5.80. The van der Waals surface area contributed by atoms with Crippen LogP contribution in [0.2, 0.25) is 5.02 Å². The standard InChI is InChI=1S/C32H41ClFN3O5/c1-6-21(2)37(31(40)41-26-13-11-25(34)12-14-26)28-20-36(19-27(28)22-7-9-24(33)10-8-22)29(38)23-15-17-35(18-16-23)30(39)42-32(3,4)5/h7-14,21,23,27-28H,6,15-20H2,1-5H3/t21?,27-,28+/m0/s1. The molecule has 0 radical (unpaired) electrons. The quantitative estimate of drug-likeness (QED) is 0.367. The van der Waals surface area contributed by atoms with Gasteiger partial charge in [-0.1, -0.05) is 30.7 Å². The monoisotopic (exact) mass is 601 g/mol. The van der Waals surface area contributed by atoms with Crippen molar-refractivity contribution >= 4 is 29.7 Å². The zero-order chi connectivity index (χ0) is 30.6. The molecule has 2 fully saturated rings. The number of benzene rings is 2. The first kappa shape index (κ1) is 31.6. The molecule has 3 amide bonds. The first-order chi connectivity index (χ1) is 19.9. The molecule has 2 aliphatic heterocycles. The number of hydrogen-bond acceptors (Lipinski definition) is 5. The minimum Gasteiger partial charge on any atom is -0.444 e. The van der Waals surface area contributed by atoms with Crippen molar-refractivity contribution in [1.82, 2.24) is 14.7 Å². The highest BCUT2D eigenvalue weighted by atomic mass is 35.5. The van der Waals surface area contributed by atoms with Crippen LogP contribution in [0.25, 0.3) is 0 Å². The number of amides is 3. The molecule has 228 valence electrons. The van der Waals surface area contributed by atoms with Crippen molar-refractivity contribution < 1.29 is 28.2 Å². The maximum atomic E-state index is 13.8. The minimum atomic E-state index is -0.579. The Morgan fingerprint density at radius 3 is 2.19 bits per heavy atom. The Hall–Kier alpha value is -3.33. The summed E-state index contributed by atoms with van der Waals surface area (Å²) in [5, 5.41) is 0.604. The fraction of sp³-hybridized carbons (Fsp3) is 0.531. The molecule has 2 aliphatic rings. The van der Waals surface area contributed by atoms with Crippen molar-refractivity contribution in [2.75, 3.05) is 26.2 Å². The van der Waals surface area contributed by atoms with Crippen LogP contribution in [0, 0.1) is 11.7 Å². The molecule has 0 aliphatic carbocycles. The number of ether oxygens (including phenoxy) is 2. The molecule has 0 aromatic heterocycles. The topological polar surface area (TPSA) is 79.4 Å². The predicted molar refractivity (Wildman–Crippen MR) is 159 cm³/mol. The average molecular weight is 602 g/mol. The van der Waals surface area contributed by atoms with Crippen molar-refractivity contribution in [1.29, 1.82) is 0 Å². The van der Waals surface area contributed by atoms with Gasteiger partial charge in [0.05, 0.1) is 6.04 Å². The number of halogens is 2. The molecular weight excluding hydrogens is 561 g/mol. The Balaban J connectivity index is 1.53. The third kappa shape index (κ3) is 7.73. The van der Waals surface area contributed by atoms with Crippen LogP contribution in [0.15, 0.2) is 48.5 Å². The van der Waals surface area contributed by atoms with Crippen molar-refractivity contribution in [2.45, 2.75) is 77.5 Å². The number of piperidine rings is 1. The van der Waals surface area contributed by atoms with Gasteiger partial charge in [0, 0.05) is 49.1 Å². The number of nitrogens with zero attached hydrogens (tertiary/aromatic N) is 3. The summed E-state index contributed by atoms with van der Waals surface area (Å²) in [7, 11) is 0. The van der Waals surface area contributed by atoms with Crippen molar-refractivity contribution in [3.63, 3.8) is 0 Å². The van der Waals surface area contributed by atoms with E-state index in [1.165, 1.54) is 24.3 Å². The molecule has 2 saturated heterocycles. The highest BCUT2D eigenvalue weighted by Crippen LogP contribution is 2.36. The third-order valence-corrected chi connectivity index (χ3v) is 8.30. The van der Waals surface area contributed by atoms with E-state index < -0.39 is 17.5 Å². The van der Waals surface area contributed by atoms with Gasteiger partial charge in [0.15, 0.2) is 0 Å². The second-order valence-corrected chi connectivity index (χ2v) is 12.6. The van der Waals surface area contributed by atoms with Crippen LogP contribution in [0.4, 0.5) is 14.0 Å².